The Balaban J connectivity index is 2.24. The van der Waals surface area contributed by atoms with Crippen molar-refractivity contribution in [2.24, 2.45) is 0 Å². The fraction of sp³-hybridized carbons (Fsp3) is 0.235. The van der Waals surface area contributed by atoms with Gasteiger partial charge in [-0.3, -0.25) is 4.79 Å². The largest absolute Gasteiger partial charge is 0.423 e. The van der Waals surface area contributed by atoms with E-state index in [0.717, 1.165) is 30.3 Å². The summed E-state index contributed by atoms with van der Waals surface area (Å²) in [5, 5.41) is 11.9. The van der Waals surface area contributed by atoms with Gasteiger partial charge in [-0.15, -0.1) is 0 Å². The summed E-state index contributed by atoms with van der Waals surface area (Å²) >= 11 is 0. The molecule has 0 fully saturated rings. The molecule has 0 saturated carbocycles. The summed E-state index contributed by atoms with van der Waals surface area (Å²) in [7, 11) is 0. The minimum absolute atomic E-state index is 0.475. The van der Waals surface area contributed by atoms with Crippen LogP contribution in [-0.2, 0) is 11.8 Å². The highest BCUT2D eigenvalue weighted by molar-refractivity contribution is 5.94. The normalized spacial score (nSPS) is 14.6. The van der Waals surface area contributed by atoms with Crippen LogP contribution in [0.25, 0.3) is 0 Å². The molecule has 0 aliphatic heterocycles. The Morgan fingerprint density at radius 2 is 1.46 bits per heavy atom. The van der Waals surface area contributed by atoms with Crippen LogP contribution in [0.1, 0.15) is 21.5 Å². The lowest BCUT2D eigenvalue weighted by atomic mass is 9.93. The second-order valence-corrected chi connectivity index (χ2v) is 5.49. The fourth-order valence-electron chi connectivity index (χ4n) is 2.23. The van der Waals surface area contributed by atoms with Crippen molar-refractivity contribution >= 4 is 5.91 Å². The van der Waals surface area contributed by atoms with Crippen LogP contribution in [0.2, 0.25) is 0 Å². The van der Waals surface area contributed by atoms with Gasteiger partial charge in [-0.05, 0) is 23.8 Å². The molecule has 1 atom stereocenters. The van der Waals surface area contributed by atoms with E-state index in [1.165, 1.54) is 18.2 Å². The van der Waals surface area contributed by atoms with Gasteiger partial charge in [0.1, 0.15) is 0 Å². The summed E-state index contributed by atoms with van der Waals surface area (Å²) in [6.45, 7) is -1.25. The standard InChI is InChI=1S/C17H13F6NO2/c18-16(19,20)13-8-4-5-11(9-13)14(25)24-10-15(26,17(21,22)23)12-6-2-1-3-7-12/h1-9,26H,10H2,(H,24,25). The summed E-state index contributed by atoms with van der Waals surface area (Å²) in [6.07, 6.45) is -9.82. The third-order valence-corrected chi connectivity index (χ3v) is 3.68. The summed E-state index contributed by atoms with van der Waals surface area (Å²) < 4.78 is 77.9. The summed E-state index contributed by atoms with van der Waals surface area (Å²) in [5.74, 6) is -1.17. The molecule has 26 heavy (non-hydrogen) atoms. The molecule has 0 aromatic heterocycles. The van der Waals surface area contributed by atoms with Gasteiger partial charge in [-0.1, -0.05) is 36.4 Å². The Bertz CT molecular complexity index is 773. The Kier molecular flexibility index (Phi) is 5.31. The van der Waals surface area contributed by atoms with E-state index in [9.17, 15) is 36.2 Å². The van der Waals surface area contributed by atoms with Crippen LogP contribution in [0.4, 0.5) is 26.3 Å². The first-order valence-corrected chi connectivity index (χ1v) is 7.25. The molecule has 140 valence electrons. The summed E-state index contributed by atoms with van der Waals surface area (Å²) in [6, 6.07) is 9.30. The van der Waals surface area contributed by atoms with Crippen LogP contribution in [-0.4, -0.2) is 23.7 Å². The van der Waals surface area contributed by atoms with Crippen LogP contribution in [0, 0.1) is 0 Å². The average molecular weight is 377 g/mol. The molecule has 9 heteroatoms. The van der Waals surface area contributed by atoms with Gasteiger partial charge in [-0.25, -0.2) is 0 Å². The molecule has 0 radical (unpaired) electrons. The zero-order chi connectivity index (χ0) is 19.6. The van der Waals surface area contributed by atoms with E-state index in [1.54, 1.807) is 0 Å². The smallest absolute Gasteiger partial charge is 0.375 e. The van der Waals surface area contributed by atoms with Crippen molar-refractivity contribution in [2.45, 2.75) is 18.0 Å². The number of benzene rings is 2. The summed E-state index contributed by atoms with van der Waals surface area (Å²) in [5.41, 5.74) is -5.47. The molecule has 2 N–H and O–H groups in total. The van der Waals surface area contributed by atoms with E-state index in [0.29, 0.717) is 6.07 Å². The molecule has 0 heterocycles. The number of nitrogens with one attached hydrogen (secondary N) is 1. The predicted octanol–water partition coefficient (Wildman–Crippen LogP) is 3.89. The molecule has 2 aromatic carbocycles. The van der Waals surface area contributed by atoms with Crippen LogP contribution < -0.4 is 5.32 Å². The van der Waals surface area contributed by atoms with E-state index in [1.807, 2.05) is 5.32 Å². The predicted molar refractivity (Wildman–Crippen MR) is 80.2 cm³/mol. The minimum atomic E-state index is -5.12. The van der Waals surface area contributed by atoms with Crippen LogP contribution in [0.3, 0.4) is 0 Å². The third kappa shape index (κ3) is 4.16. The summed E-state index contributed by atoms with van der Waals surface area (Å²) in [4.78, 5) is 12.0. The molecule has 1 amide bonds. The van der Waals surface area contributed by atoms with E-state index in [2.05, 4.69) is 0 Å². The monoisotopic (exact) mass is 377 g/mol. The zero-order valence-electron chi connectivity index (χ0n) is 13.0. The lowest BCUT2D eigenvalue weighted by Crippen LogP contribution is -2.51. The van der Waals surface area contributed by atoms with Crippen LogP contribution in [0.5, 0.6) is 0 Å². The fourth-order valence-corrected chi connectivity index (χ4v) is 2.23. The van der Waals surface area contributed by atoms with Gasteiger partial charge in [0.2, 0.25) is 5.60 Å². The molecule has 0 bridgehead atoms. The van der Waals surface area contributed by atoms with Crippen LogP contribution >= 0.6 is 0 Å². The van der Waals surface area contributed by atoms with Crippen molar-refractivity contribution in [1.29, 1.82) is 0 Å². The third-order valence-electron chi connectivity index (χ3n) is 3.68. The number of carbonyl (C=O) groups is 1. The Labute approximate surface area is 144 Å². The number of carbonyl (C=O) groups excluding carboxylic acids is 1. The highest BCUT2D eigenvalue weighted by atomic mass is 19.4. The molecule has 0 saturated heterocycles. The molecule has 0 aliphatic carbocycles. The maximum absolute atomic E-state index is 13.3. The van der Waals surface area contributed by atoms with E-state index < -0.39 is 47.1 Å². The van der Waals surface area contributed by atoms with Crippen molar-refractivity contribution in [3.05, 3.63) is 71.3 Å². The quantitative estimate of drug-likeness (QED) is 0.795. The first kappa shape index (κ1) is 19.8. The average Bonchev–Trinajstić information content (AvgIpc) is 2.58. The molecule has 0 spiro atoms. The van der Waals surface area contributed by atoms with Gasteiger partial charge in [0.25, 0.3) is 5.91 Å². The molecule has 2 aromatic rings. The van der Waals surface area contributed by atoms with E-state index in [4.69, 9.17) is 0 Å². The lowest BCUT2D eigenvalue weighted by Gasteiger charge is -2.31. The number of amides is 1. The van der Waals surface area contributed by atoms with Gasteiger partial charge >= 0.3 is 12.4 Å². The number of hydrogen-bond donors (Lipinski definition) is 2. The lowest BCUT2D eigenvalue weighted by molar-refractivity contribution is -0.263. The van der Waals surface area contributed by atoms with Gasteiger partial charge in [0.15, 0.2) is 0 Å². The van der Waals surface area contributed by atoms with E-state index >= 15 is 0 Å². The first-order chi connectivity index (χ1) is 11.9. The highest BCUT2D eigenvalue weighted by Crippen LogP contribution is 2.38. The zero-order valence-corrected chi connectivity index (χ0v) is 13.0. The van der Waals surface area contributed by atoms with Crippen molar-refractivity contribution in [3.63, 3.8) is 0 Å². The number of hydrogen-bond acceptors (Lipinski definition) is 2. The molecule has 3 nitrogen and oxygen atoms in total. The van der Waals surface area contributed by atoms with Gasteiger partial charge < -0.3 is 10.4 Å². The van der Waals surface area contributed by atoms with Gasteiger partial charge in [-0.2, -0.15) is 26.3 Å². The number of alkyl halides is 6. The molecular weight excluding hydrogens is 364 g/mol. The topological polar surface area (TPSA) is 49.3 Å². The maximum Gasteiger partial charge on any atom is 0.423 e. The molecule has 0 aliphatic rings. The van der Waals surface area contributed by atoms with Crippen molar-refractivity contribution in [1.82, 2.24) is 5.32 Å². The SMILES string of the molecule is O=C(NCC(O)(c1ccccc1)C(F)(F)F)c1cccc(C(F)(F)F)c1. The number of rotatable bonds is 4. The van der Waals surface area contributed by atoms with E-state index in [-0.39, 0.29) is 0 Å². The minimum Gasteiger partial charge on any atom is -0.375 e. The highest BCUT2D eigenvalue weighted by Gasteiger charge is 2.55. The van der Waals surface area contributed by atoms with Crippen LogP contribution in [0.15, 0.2) is 54.6 Å². The van der Waals surface area contributed by atoms with Gasteiger partial charge in [0.05, 0.1) is 12.1 Å². The first-order valence-electron chi connectivity index (χ1n) is 7.25. The number of aliphatic hydroxyl groups is 1. The van der Waals surface area contributed by atoms with Crippen molar-refractivity contribution in [3.8, 4) is 0 Å². The van der Waals surface area contributed by atoms with Crippen molar-refractivity contribution in [2.75, 3.05) is 6.54 Å². The van der Waals surface area contributed by atoms with Gasteiger partial charge in [0, 0.05) is 5.56 Å². The Hall–Kier alpha value is -2.55. The maximum atomic E-state index is 13.3. The second-order valence-electron chi connectivity index (χ2n) is 5.49. The van der Waals surface area contributed by atoms with Crippen molar-refractivity contribution < 1.29 is 36.2 Å². The Morgan fingerprint density at radius 3 is 2.00 bits per heavy atom. The number of halogens is 6. The second kappa shape index (κ2) is 6.99. The molecule has 1 unspecified atom stereocenters. The molecule has 2 rings (SSSR count). The molecular formula is C17H13F6NO2. The Morgan fingerprint density at radius 1 is 0.885 bits per heavy atom.